The minimum absolute atomic E-state index is 0.562. The van der Waals surface area contributed by atoms with Gasteiger partial charge >= 0.3 is 11.0 Å². The average molecular weight is 304 g/mol. The Balaban J connectivity index is 2.00. The molecule has 0 fully saturated rings. The summed E-state index contributed by atoms with van der Waals surface area (Å²) in [4.78, 5) is 4.57. The third-order valence-electron chi connectivity index (χ3n) is 3.61. The van der Waals surface area contributed by atoms with Crippen molar-refractivity contribution < 1.29 is 3.96 Å². The largest absolute Gasteiger partial charge is 0.351 e. The number of rotatable bonds is 2. The highest BCUT2D eigenvalue weighted by Crippen LogP contribution is 2.28. The van der Waals surface area contributed by atoms with Crippen LogP contribution in [0.25, 0.3) is 27.8 Å². The number of nitrogens with zero attached hydrogens (tertiary/aromatic N) is 2. The zero-order valence-corrected chi connectivity index (χ0v) is 12.6. The number of fused-ring (bicyclic) bond motifs is 1. The third kappa shape index (κ3) is 2.14. The van der Waals surface area contributed by atoms with Crippen molar-refractivity contribution in [3.8, 4) is 17.1 Å². The normalized spacial score (nSPS) is 10.9. The van der Waals surface area contributed by atoms with Crippen molar-refractivity contribution in [2.45, 2.75) is 0 Å². The van der Waals surface area contributed by atoms with E-state index in [0.29, 0.717) is 5.13 Å². The highest BCUT2D eigenvalue weighted by molar-refractivity contribution is 7.05. The van der Waals surface area contributed by atoms with E-state index in [9.17, 15) is 0 Å². The highest BCUT2D eigenvalue weighted by atomic mass is 32.1. The van der Waals surface area contributed by atoms with Gasteiger partial charge in [-0.25, -0.2) is 0 Å². The molecule has 0 aliphatic rings. The van der Waals surface area contributed by atoms with Crippen molar-refractivity contribution in [2.75, 3.05) is 5.73 Å². The number of aromatic nitrogens is 2. The van der Waals surface area contributed by atoms with Gasteiger partial charge in [0.05, 0.1) is 5.56 Å². The topological polar surface area (TPSA) is 42.8 Å². The molecule has 0 amide bonds. The molecular formula is C18H14N3S+. The van der Waals surface area contributed by atoms with Gasteiger partial charge in [0.2, 0.25) is 0 Å². The van der Waals surface area contributed by atoms with Gasteiger partial charge in [0.15, 0.2) is 0 Å². The lowest BCUT2D eigenvalue weighted by molar-refractivity contribution is -0.509. The summed E-state index contributed by atoms with van der Waals surface area (Å²) in [5, 5.41) is 2.94. The molecule has 0 unspecified atom stereocenters. The summed E-state index contributed by atoms with van der Waals surface area (Å²) in [5.41, 5.74) is 8.15. The molecule has 22 heavy (non-hydrogen) atoms. The number of hydrogen-bond acceptors (Lipinski definition) is 3. The molecule has 0 spiro atoms. The molecule has 0 radical (unpaired) electrons. The van der Waals surface area contributed by atoms with Crippen LogP contribution in [0.15, 0.2) is 72.8 Å². The molecule has 0 saturated carbocycles. The molecule has 3 aromatic carbocycles. The van der Waals surface area contributed by atoms with Crippen LogP contribution in [0.1, 0.15) is 0 Å². The van der Waals surface area contributed by atoms with E-state index >= 15 is 0 Å². The maximum Gasteiger partial charge on any atom is 0.351 e. The Morgan fingerprint density at radius 3 is 2.41 bits per heavy atom. The van der Waals surface area contributed by atoms with Crippen molar-refractivity contribution in [3.63, 3.8) is 0 Å². The molecule has 106 valence electrons. The van der Waals surface area contributed by atoms with Gasteiger partial charge in [0.1, 0.15) is 17.2 Å². The predicted octanol–water partition coefficient (Wildman–Crippen LogP) is 3.82. The van der Waals surface area contributed by atoms with Gasteiger partial charge in [-0.2, -0.15) is 0 Å². The monoisotopic (exact) mass is 304 g/mol. The lowest BCUT2D eigenvalue weighted by Gasteiger charge is -2.02. The molecule has 0 aliphatic carbocycles. The fourth-order valence-corrected chi connectivity index (χ4v) is 3.40. The van der Waals surface area contributed by atoms with Crippen molar-refractivity contribution >= 4 is 27.4 Å². The van der Waals surface area contributed by atoms with E-state index in [0.717, 1.165) is 17.1 Å². The lowest BCUT2D eigenvalue weighted by atomic mass is 10.0. The van der Waals surface area contributed by atoms with Crippen molar-refractivity contribution in [3.05, 3.63) is 72.8 Å². The van der Waals surface area contributed by atoms with Gasteiger partial charge in [-0.15, -0.1) is 3.96 Å². The van der Waals surface area contributed by atoms with Crippen LogP contribution in [0, 0.1) is 0 Å². The van der Waals surface area contributed by atoms with Gasteiger partial charge in [0.25, 0.3) is 0 Å². The maximum atomic E-state index is 5.98. The predicted molar refractivity (Wildman–Crippen MR) is 91.0 cm³/mol. The molecule has 2 N–H and O–H groups in total. The number of nitrogen functional groups attached to an aromatic ring is 1. The van der Waals surface area contributed by atoms with E-state index in [1.54, 1.807) is 0 Å². The van der Waals surface area contributed by atoms with Gasteiger partial charge < -0.3 is 5.73 Å². The molecule has 0 saturated heterocycles. The number of para-hydroxylation sites is 1. The first-order chi connectivity index (χ1) is 10.8. The van der Waals surface area contributed by atoms with Gasteiger partial charge in [0, 0.05) is 0 Å². The SMILES string of the molecule is Nc1nc(-c2cccc3ccccc23)[n+](-c2ccccc2)s1. The van der Waals surface area contributed by atoms with Gasteiger partial charge in [-0.3, -0.25) is 0 Å². The first-order valence-electron chi connectivity index (χ1n) is 7.05. The fraction of sp³-hybridized carbons (Fsp3) is 0. The van der Waals surface area contributed by atoms with Crippen LogP contribution in [0.2, 0.25) is 0 Å². The van der Waals surface area contributed by atoms with Crippen molar-refractivity contribution in [2.24, 2.45) is 0 Å². The van der Waals surface area contributed by atoms with Crippen LogP contribution in [0.5, 0.6) is 0 Å². The molecule has 4 heteroatoms. The van der Waals surface area contributed by atoms with Crippen molar-refractivity contribution in [1.82, 2.24) is 4.98 Å². The van der Waals surface area contributed by atoms with Crippen LogP contribution in [0.4, 0.5) is 5.13 Å². The number of nitrogens with two attached hydrogens (primary N) is 1. The van der Waals surface area contributed by atoms with E-state index in [1.807, 2.05) is 24.3 Å². The third-order valence-corrected chi connectivity index (χ3v) is 4.46. The molecule has 4 aromatic rings. The first kappa shape index (κ1) is 13.0. The van der Waals surface area contributed by atoms with E-state index in [1.165, 1.54) is 22.3 Å². The number of anilines is 1. The minimum Gasteiger partial charge on any atom is -0.351 e. The Bertz CT molecular complexity index is 940. The van der Waals surface area contributed by atoms with Crippen molar-refractivity contribution in [1.29, 1.82) is 0 Å². The summed E-state index contributed by atoms with van der Waals surface area (Å²) in [7, 11) is 0. The Morgan fingerprint density at radius 2 is 1.55 bits per heavy atom. The summed E-state index contributed by atoms with van der Waals surface area (Å²) in [5.74, 6) is 0.880. The Morgan fingerprint density at radius 1 is 0.818 bits per heavy atom. The molecule has 0 atom stereocenters. The first-order valence-corrected chi connectivity index (χ1v) is 7.83. The maximum absolute atomic E-state index is 5.98. The Hall–Kier alpha value is -2.72. The quantitative estimate of drug-likeness (QED) is 0.572. The molecular weight excluding hydrogens is 290 g/mol. The molecule has 1 heterocycles. The van der Waals surface area contributed by atoms with Crippen LogP contribution in [-0.2, 0) is 0 Å². The standard InChI is InChI=1S/C18H13N3S/c19-18-20-17(21(22-18)14-9-2-1-3-10-14)16-12-6-8-13-7-4-5-11-15(13)16/h1-12,19H/p+1. The van der Waals surface area contributed by atoms with Gasteiger partial charge in [-0.05, 0) is 34.0 Å². The second kappa shape index (κ2) is 5.24. The minimum atomic E-state index is 0.562. The summed E-state index contributed by atoms with van der Waals surface area (Å²) >= 11 is 1.45. The number of hydrogen-bond donors (Lipinski definition) is 1. The highest BCUT2D eigenvalue weighted by Gasteiger charge is 2.24. The van der Waals surface area contributed by atoms with E-state index in [-0.39, 0.29) is 0 Å². The second-order valence-corrected chi connectivity index (χ2v) is 5.99. The second-order valence-electron chi connectivity index (χ2n) is 5.02. The fourth-order valence-electron chi connectivity index (χ4n) is 2.64. The van der Waals surface area contributed by atoms with Crippen LogP contribution in [-0.4, -0.2) is 4.98 Å². The van der Waals surface area contributed by atoms with Gasteiger partial charge in [-0.1, -0.05) is 54.6 Å². The van der Waals surface area contributed by atoms with E-state index < -0.39 is 0 Å². The molecule has 3 nitrogen and oxygen atoms in total. The average Bonchev–Trinajstić information content (AvgIpc) is 2.97. The summed E-state index contributed by atoms with van der Waals surface area (Å²) in [6, 6.07) is 24.8. The Labute approximate surface area is 132 Å². The summed E-state index contributed by atoms with van der Waals surface area (Å²) in [6.07, 6.45) is 0. The van der Waals surface area contributed by atoms with E-state index in [2.05, 4.69) is 57.5 Å². The molecule has 0 aliphatic heterocycles. The molecule has 0 bridgehead atoms. The van der Waals surface area contributed by atoms with E-state index in [4.69, 9.17) is 5.73 Å². The zero-order chi connectivity index (χ0) is 14.9. The zero-order valence-electron chi connectivity index (χ0n) is 11.8. The lowest BCUT2D eigenvalue weighted by Crippen LogP contribution is -2.27. The number of benzene rings is 3. The summed E-state index contributed by atoms with van der Waals surface area (Å²) < 4.78 is 2.08. The Kier molecular flexibility index (Phi) is 3.09. The summed E-state index contributed by atoms with van der Waals surface area (Å²) in [6.45, 7) is 0. The smallest absolute Gasteiger partial charge is 0.351 e. The van der Waals surface area contributed by atoms with Crippen LogP contribution < -0.4 is 9.69 Å². The molecule has 1 aromatic heterocycles. The van der Waals surface area contributed by atoms with Crippen LogP contribution >= 0.6 is 11.5 Å². The molecule has 4 rings (SSSR count). The van der Waals surface area contributed by atoms with Crippen LogP contribution in [0.3, 0.4) is 0 Å².